The van der Waals surface area contributed by atoms with E-state index in [1.807, 2.05) is 42.6 Å². The summed E-state index contributed by atoms with van der Waals surface area (Å²) < 4.78 is 5.18. The summed E-state index contributed by atoms with van der Waals surface area (Å²) in [6.07, 6.45) is 4.27. The highest BCUT2D eigenvalue weighted by atomic mass is 32.1. The highest BCUT2D eigenvalue weighted by Gasteiger charge is 2.17. The average molecular weight is 423 g/mol. The van der Waals surface area contributed by atoms with E-state index in [1.54, 1.807) is 12.5 Å². The summed E-state index contributed by atoms with van der Waals surface area (Å²) in [6, 6.07) is 11.7. The lowest BCUT2D eigenvalue weighted by molar-refractivity contribution is 0.0946. The first-order valence-electron chi connectivity index (χ1n) is 10.2. The maximum absolute atomic E-state index is 12.5. The van der Waals surface area contributed by atoms with E-state index >= 15 is 0 Å². The second kappa shape index (κ2) is 9.26. The molecule has 1 saturated heterocycles. The van der Waals surface area contributed by atoms with Crippen LogP contribution in [-0.2, 0) is 6.54 Å². The Morgan fingerprint density at radius 3 is 2.63 bits per heavy atom. The van der Waals surface area contributed by atoms with E-state index in [0.29, 0.717) is 12.2 Å². The van der Waals surface area contributed by atoms with Gasteiger partial charge in [-0.3, -0.25) is 4.79 Å². The zero-order valence-corrected chi connectivity index (χ0v) is 18.1. The van der Waals surface area contributed by atoms with Crippen LogP contribution >= 0.6 is 11.3 Å². The fourth-order valence-corrected chi connectivity index (χ4v) is 4.27. The Hall–Kier alpha value is -2.93. The zero-order valence-electron chi connectivity index (χ0n) is 17.3. The lowest BCUT2D eigenvalue weighted by Crippen LogP contribution is -2.33. The molecule has 0 spiro atoms. The number of nitrogens with zero attached hydrogens (tertiary/aromatic N) is 3. The molecule has 1 fully saturated rings. The number of rotatable bonds is 6. The van der Waals surface area contributed by atoms with Crippen LogP contribution in [0.5, 0.6) is 5.75 Å². The Morgan fingerprint density at radius 1 is 1.20 bits per heavy atom. The van der Waals surface area contributed by atoms with Crippen molar-refractivity contribution >= 4 is 23.1 Å². The Morgan fingerprint density at radius 2 is 1.97 bits per heavy atom. The molecule has 4 rings (SSSR count). The zero-order chi connectivity index (χ0) is 20.9. The molecule has 0 saturated carbocycles. The van der Waals surface area contributed by atoms with Crippen LogP contribution in [0.2, 0.25) is 0 Å². The SMILES string of the molecule is COc1ccc(-c2nc(C(=O)NCc3ccc(N4CCC(C)CC4)nc3)cs2)cc1. The largest absolute Gasteiger partial charge is 0.497 e. The number of benzene rings is 1. The van der Waals surface area contributed by atoms with Gasteiger partial charge in [-0.2, -0.15) is 0 Å². The van der Waals surface area contributed by atoms with Crippen LogP contribution in [0.25, 0.3) is 10.6 Å². The molecule has 1 aliphatic heterocycles. The van der Waals surface area contributed by atoms with Crippen LogP contribution in [-0.4, -0.2) is 36.1 Å². The smallest absolute Gasteiger partial charge is 0.271 e. The van der Waals surface area contributed by atoms with Crippen molar-refractivity contribution in [1.29, 1.82) is 0 Å². The Bertz CT molecular complexity index is 977. The van der Waals surface area contributed by atoms with Gasteiger partial charge in [-0.15, -0.1) is 11.3 Å². The molecule has 0 unspecified atom stereocenters. The molecule has 0 atom stereocenters. The van der Waals surface area contributed by atoms with Gasteiger partial charge in [0.25, 0.3) is 5.91 Å². The third kappa shape index (κ3) is 4.79. The molecule has 0 aliphatic carbocycles. The molecule has 156 valence electrons. The summed E-state index contributed by atoms with van der Waals surface area (Å²) in [6.45, 7) is 4.85. The topological polar surface area (TPSA) is 67.3 Å². The number of nitrogens with one attached hydrogen (secondary N) is 1. The quantitative estimate of drug-likeness (QED) is 0.639. The van der Waals surface area contributed by atoms with E-state index in [4.69, 9.17) is 4.74 Å². The van der Waals surface area contributed by atoms with Crippen molar-refractivity contribution < 1.29 is 9.53 Å². The van der Waals surface area contributed by atoms with Gasteiger partial charge in [-0.25, -0.2) is 9.97 Å². The lowest BCUT2D eigenvalue weighted by Gasteiger charge is -2.31. The molecule has 3 heterocycles. The van der Waals surface area contributed by atoms with Crippen molar-refractivity contribution in [3.05, 3.63) is 59.2 Å². The number of thiazole rings is 1. The van der Waals surface area contributed by atoms with E-state index in [9.17, 15) is 4.79 Å². The van der Waals surface area contributed by atoms with Crippen molar-refractivity contribution in [3.8, 4) is 16.3 Å². The van der Waals surface area contributed by atoms with Crippen molar-refractivity contribution in [2.45, 2.75) is 26.3 Å². The summed E-state index contributed by atoms with van der Waals surface area (Å²) >= 11 is 1.45. The molecule has 1 N–H and O–H groups in total. The third-order valence-corrected chi connectivity index (χ3v) is 6.33. The summed E-state index contributed by atoms with van der Waals surface area (Å²) in [7, 11) is 1.64. The maximum Gasteiger partial charge on any atom is 0.271 e. The van der Waals surface area contributed by atoms with Crippen LogP contribution in [0.4, 0.5) is 5.82 Å². The number of hydrogen-bond acceptors (Lipinski definition) is 6. The van der Waals surface area contributed by atoms with Gasteiger partial charge < -0.3 is 15.0 Å². The van der Waals surface area contributed by atoms with E-state index in [2.05, 4.69) is 27.1 Å². The molecule has 6 nitrogen and oxygen atoms in total. The second-order valence-electron chi connectivity index (χ2n) is 7.64. The lowest BCUT2D eigenvalue weighted by atomic mass is 9.99. The van der Waals surface area contributed by atoms with Crippen LogP contribution in [0, 0.1) is 5.92 Å². The minimum atomic E-state index is -0.180. The highest BCUT2D eigenvalue weighted by molar-refractivity contribution is 7.13. The predicted octanol–water partition coefficient (Wildman–Crippen LogP) is 4.38. The number of amides is 1. The van der Waals surface area contributed by atoms with Gasteiger partial charge in [0.15, 0.2) is 0 Å². The molecule has 2 aromatic heterocycles. The molecular weight excluding hydrogens is 396 g/mol. The number of carbonyl (C=O) groups is 1. The molecule has 1 amide bonds. The molecule has 0 bridgehead atoms. The first kappa shape index (κ1) is 20.3. The van der Waals surface area contributed by atoms with Gasteiger partial charge >= 0.3 is 0 Å². The molecular formula is C23H26N4O2S. The number of aromatic nitrogens is 2. The number of hydrogen-bond donors (Lipinski definition) is 1. The first-order valence-corrected chi connectivity index (χ1v) is 11.1. The van der Waals surface area contributed by atoms with Gasteiger partial charge in [0, 0.05) is 36.8 Å². The van der Waals surface area contributed by atoms with Crippen molar-refractivity contribution in [3.63, 3.8) is 0 Å². The van der Waals surface area contributed by atoms with E-state index < -0.39 is 0 Å². The first-order chi connectivity index (χ1) is 14.6. The Balaban J connectivity index is 1.33. The van der Waals surface area contributed by atoms with Crippen LogP contribution in [0.1, 0.15) is 35.8 Å². The Labute approximate surface area is 180 Å². The number of methoxy groups -OCH3 is 1. The van der Waals surface area contributed by atoms with Crippen LogP contribution in [0.3, 0.4) is 0 Å². The van der Waals surface area contributed by atoms with Crippen molar-refractivity contribution in [2.75, 3.05) is 25.1 Å². The standard InChI is InChI=1S/C23H26N4O2S/c1-16-9-11-27(12-10-16)21-8-3-17(13-24-21)14-25-22(28)20-15-30-23(26-20)18-4-6-19(29-2)7-5-18/h3-8,13,15-16H,9-12,14H2,1-2H3,(H,25,28). The van der Waals surface area contributed by atoms with Gasteiger partial charge in [0.1, 0.15) is 22.3 Å². The Kier molecular flexibility index (Phi) is 6.28. The fourth-order valence-electron chi connectivity index (χ4n) is 3.46. The summed E-state index contributed by atoms with van der Waals surface area (Å²) in [5.41, 5.74) is 2.37. The number of pyridine rings is 1. The predicted molar refractivity (Wildman–Crippen MR) is 120 cm³/mol. The van der Waals surface area contributed by atoms with Crippen LogP contribution < -0.4 is 15.0 Å². The van der Waals surface area contributed by atoms with E-state index in [-0.39, 0.29) is 5.91 Å². The average Bonchev–Trinajstić information content (AvgIpc) is 3.29. The normalized spacial score (nSPS) is 14.5. The van der Waals surface area contributed by atoms with Gasteiger partial charge in [0.2, 0.25) is 0 Å². The molecule has 0 radical (unpaired) electrons. The summed E-state index contributed by atoms with van der Waals surface area (Å²) in [4.78, 5) is 23.9. The number of ether oxygens (including phenoxy) is 1. The molecule has 3 aromatic rings. The molecule has 7 heteroatoms. The second-order valence-corrected chi connectivity index (χ2v) is 8.50. The maximum atomic E-state index is 12.5. The van der Waals surface area contributed by atoms with E-state index in [1.165, 1.54) is 24.2 Å². The van der Waals surface area contributed by atoms with Crippen molar-refractivity contribution in [2.24, 2.45) is 5.92 Å². The molecule has 1 aromatic carbocycles. The van der Waals surface area contributed by atoms with Crippen molar-refractivity contribution in [1.82, 2.24) is 15.3 Å². The van der Waals surface area contributed by atoms with E-state index in [0.717, 1.165) is 46.7 Å². The third-order valence-electron chi connectivity index (χ3n) is 5.44. The van der Waals surface area contributed by atoms with Gasteiger partial charge in [0.05, 0.1) is 7.11 Å². The molecule has 30 heavy (non-hydrogen) atoms. The minimum absolute atomic E-state index is 0.180. The molecule has 1 aliphatic rings. The van der Waals surface area contributed by atoms with Gasteiger partial charge in [-0.1, -0.05) is 13.0 Å². The summed E-state index contributed by atoms with van der Waals surface area (Å²) in [5, 5.41) is 5.53. The number of anilines is 1. The van der Waals surface area contributed by atoms with Gasteiger partial charge in [-0.05, 0) is 54.7 Å². The number of piperidine rings is 1. The monoisotopic (exact) mass is 422 g/mol. The van der Waals surface area contributed by atoms with Crippen LogP contribution in [0.15, 0.2) is 48.0 Å². The number of carbonyl (C=O) groups excluding carboxylic acids is 1. The fraction of sp³-hybridized carbons (Fsp3) is 0.348. The summed E-state index contributed by atoms with van der Waals surface area (Å²) in [5.74, 6) is 2.43. The highest BCUT2D eigenvalue weighted by Crippen LogP contribution is 2.26. The minimum Gasteiger partial charge on any atom is -0.497 e.